The van der Waals surface area contributed by atoms with E-state index in [0.29, 0.717) is 5.92 Å². The Bertz CT molecular complexity index is 204. The van der Waals surface area contributed by atoms with Crippen molar-refractivity contribution in [1.29, 1.82) is 0 Å². The number of hydrogen-bond acceptors (Lipinski definition) is 2. The van der Waals surface area contributed by atoms with Gasteiger partial charge in [0.25, 0.3) is 0 Å². The second-order valence-electron chi connectivity index (χ2n) is 4.10. The third-order valence-electron chi connectivity index (χ3n) is 3.52. The second kappa shape index (κ2) is 2.46. The van der Waals surface area contributed by atoms with Crippen molar-refractivity contribution in [3.8, 4) is 0 Å². The average molecular weight is 170 g/mol. The Morgan fingerprint density at radius 1 is 1.42 bits per heavy atom. The quantitative estimate of drug-likeness (QED) is 0.664. The molecule has 2 aliphatic rings. The summed E-state index contributed by atoms with van der Waals surface area (Å²) in [5.41, 5.74) is -0.218. The molecule has 2 N–H and O–H groups in total. The van der Waals surface area contributed by atoms with E-state index >= 15 is 0 Å². The number of rotatable bonds is 3. The molecule has 0 amide bonds. The van der Waals surface area contributed by atoms with E-state index in [9.17, 15) is 9.90 Å². The van der Waals surface area contributed by atoms with Crippen LogP contribution < -0.4 is 0 Å². The van der Waals surface area contributed by atoms with Crippen LogP contribution in [-0.2, 0) is 4.79 Å². The number of aliphatic carboxylic acids is 1. The highest BCUT2D eigenvalue weighted by Crippen LogP contribution is 2.60. The number of hydrogen-bond donors (Lipinski definition) is 2. The first-order chi connectivity index (χ1) is 5.67. The minimum absolute atomic E-state index is 0.218. The maximum absolute atomic E-state index is 10.6. The first-order valence-corrected chi connectivity index (χ1v) is 4.58. The van der Waals surface area contributed by atoms with Crippen LogP contribution in [-0.4, -0.2) is 22.3 Å². The maximum atomic E-state index is 10.6. The van der Waals surface area contributed by atoms with Crippen molar-refractivity contribution in [2.45, 2.75) is 38.2 Å². The molecule has 12 heavy (non-hydrogen) atoms. The molecule has 0 saturated heterocycles. The van der Waals surface area contributed by atoms with Gasteiger partial charge in [0.1, 0.15) is 0 Å². The van der Waals surface area contributed by atoms with Crippen LogP contribution in [0.5, 0.6) is 0 Å². The lowest BCUT2D eigenvalue weighted by atomic mass is 9.71. The van der Waals surface area contributed by atoms with Gasteiger partial charge in [0.15, 0.2) is 6.10 Å². The predicted octanol–water partition coefficient (Wildman–Crippen LogP) is 1.01. The van der Waals surface area contributed by atoms with Crippen molar-refractivity contribution in [1.82, 2.24) is 0 Å². The van der Waals surface area contributed by atoms with Crippen LogP contribution in [0, 0.1) is 11.3 Å². The zero-order valence-corrected chi connectivity index (χ0v) is 6.99. The Morgan fingerprint density at radius 2 is 2.00 bits per heavy atom. The Hall–Kier alpha value is -0.570. The lowest BCUT2D eigenvalue weighted by Crippen LogP contribution is -2.38. The van der Waals surface area contributed by atoms with Crippen LogP contribution in [0.3, 0.4) is 0 Å². The zero-order chi connectivity index (χ0) is 8.77. The standard InChI is InChI=1S/C9H14O3/c10-7(8(11)12)9(4-5-9)6-2-1-3-6/h6-7,10H,1-5H2,(H,11,12). The first kappa shape index (κ1) is 8.05. The number of aliphatic hydroxyl groups is 1. The summed E-state index contributed by atoms with van der Waals surface area (Å²) in [6.45, 7) is 0. The monoisotopic (exact) mass is 170 g/mol. The molecule has 2 aliphatic carbocycles. The molecule has 0 aromatic heterocycles. The smallest absolute Gasteiger partial charge is 0.333 e. The van der Waals surface area contributed by atoms with E-state index in [1.165, 1.54) is 6.42 Å². The summed E-state index contributed by atoms with van der Waals surface area (Å²) in [6, 6.07) is 0. The van der Waals surface area contributed by atoms with Crippen LogP contribution >= 0.6 is 0 Å². The SMILES string of the molecule is O=C(O)C(O)C1(C2CCC2)CC1. The fraction of sp³-hybridized carbons (Fsp3) is 0.889. The van der Waals surface area contributed by atoms with Crippen LogP contribution in [0.15, 0.2) is 0 Å². The van der Waals surface area contributed by atoms with E-state index in [1.54, 1.807) is 0 Å². The molecule has 2 rings (SSSR count). The summed E-state index contributed by atoms with van der Waals surface area (Å²) in [5, 5.41) is 18.1. The van der Waals surface area contributed by atoms with Crippen LogP contribution in [0.1, 0.15) is 32.1 Å². The molecule has 0 radical (unpaired) electrons. The summed E-state index contributed by atoms with van der Waals surface area (Å²) in [5.74, 6) is -0.553. The van der Waals surface area contributed by atoms with Crippen molar-refractivity contribution in [3.05, 3.63) is 0 Å². The van der Waals surface area contributed by atoms with Gasteiger partial charge in [-0.2, -0.15) is 0 Å². The van der Waals surface area contributed by atoms with Gasteiger partial charge in [-0.25, -0.2) is 4.79 Å². The lowest BCUT2D eigenvalue weighted by molar-refractivity contribution is -0.153. The minimum atomic E-state index is -1.11. The van der Waals surface area contributed by atoms with E-state index in [1.807, 2.05) is 0 Å². The molecule has 68 valence electrons. The number of aliphatic hydroxyl groups excluding tert-OH is 1. The van der Waals surface area contributed by atoms with E-state index < -0.39 is 12.1 Å². The van der Waals surface area contributed by atoms with E-state index in [0.717, 1.165) is 25.7 Å². The normalized spacial score (nSPS) is 29.1. The molecule has 0 aromatic carbocycles. The van der Waals surface area contributed by atoms with Gasteiger partial charge in [-0.15, -0.1) is 0 Å². The van der Waals surface area contributed by atoms with Crippen LogP contribution in [0.4, 0.5) is 0 Å². The van der Waals surface area contributed by atoms with Gasteiger partial charge in [0, 0.05) is 5.41 Å². The molecule has 1 atom stereocenters. The van der Waals surface area contributed by atoms with Gasteiger partial charge in [-0.1, -0.05) is 6.42 Å². The lowest BCUT2D eigenvalue weighted by Gasteiger charge is -2.35. The van der Waals surface area contributed by atoms with Crippen molar-refractivity contribution in [2.75, 3.05) is 0 Å². The summed E-state index contributed by atoms with van der Waals surface area (Å²) in [4.78, 5) is 10.6. The summed E-state index contributed by atoms with van der Waals surface area (Å²) < 4.78 is 0. The number of carbonyl (C=O) groups is 1. The van der Waals surface area contributed by atoms with Gasteiger partial charge in [0.2, 0.25) is 0 Å². The van der Waals surface area contributed by atoms with Crippen molar-refractivity contribution < 1.29 is 15.0 Å². The summed E-state index contributed by atoms with van der Waals surface area (Å²) >= 11 is 0. The van der Waals surface area contributed by atoms with Crippen LogP contribution in [0.2, 0.25) is 0 Å². The first-order valence-electron chi connectivity index (χ1n) is 4.58. The third-order valence-corrected chi connectivity index (χ3v) is 3.52. The molecule has 1 unspecified atom stereocenters. The Balaban J connectivity index is 2.04. The molecule has 0 aromatic rings. The van der Waals surface area contributed by atoms with Gasteiger partial charge in [-0.3, -0.25) is 0 Å². The summed E-state index contributed by atoms with van der Waals surface area (Å²) in [6.07, 6.45) is 4.15. The zero-order valence-electron chi connectivity index (χ0n) is 6.99. The molecule has 3 nitrogen and oxygen atoms in total. The Morgan fingerprint density at radius 3 is 2.25 bits per heavy atom. The molecule has 3 heteroatoms. The van der Waals surface area contributed by atoms with Gasteiger partial charge in [-0.05, 0) is 31.6 Å². The minimum Gasteiger partial charge on any atom is -0.479 e. The Labute approximate surface area is 71.4 Å². The van der Waals surface area contributed by atoms with Crippen molar-refractivity contribution in [3.63, 3.8) is 0 Å². The molecule has 0 bridgehead atoms. The fourth-order valence-electron chi connectivity index (χ4n) is 2.28. The largest absolute Gasteiger partial charge is 0.479 e. The third kappa shape index (κ3) is 0.959. The topological polar surface area (TPSA) is 57.5 Å². The molecule has 0 heterocycles. The van der Waals surface area contributed by atoms with Gasteiger partial charge >= 0.3 is 5.97 Å². The van der Waals surface area contributed by atoms with Gasteiger partial charge < -0.3 is 10.2 Å². The van der Waals surface area contributed by atoms with Crippen LogP contribution in [0.25, 0.3) is 0 Å². The number of carboxylic acids is 1. The van der Waals surface area contributed by atoms with Gasteiger partial charge in [0.05, 0.1) is 0 Å². The fourth-order valence-corrected chi connectivity index (χ4v) is 2.28. The molecule has 0 aliphatic heterocycles. The summed E-state index contributed by atoms with van der Waals surface area (Å²) in [7, 11) is 0. The van der Waals surface area contributed by atoms with E-state index in [-0.39, 0.29) is 5.41 Å². The molecular formula is C9H14O3. The van der Waals surface area contributed by atoms with E-state index in [4.69, 9.17) is 5.11 Å². The maximum Gasteiger partial charge on any atom is 0.333 e. The van der Waals surface area contributed by atoms with E-state index in [2.05, 4.69) is 0 Å². The number of carboxylic acid groups (broad SMARTS) is 1. The van der Waals surface area contributed by atoms with Crippen molar-refractivity contribution >= 4 is 5.97 Å². The highest BCUT2D eigenvalue weighted by atomic mass is 16.4. The molecule has 2 saturated carbocycles. The Kier molecular flexibility index (Phi) is 1.65. The highest BCUT2D eigenvalue weighted by Gasteiger charge is 2.58. The average Bonchev–Trinajstić information content (AvgIpc) is 2.64. The van der Waals surface area contributed by atoms with Crippen molar-refractivity contribution in [2.24, 2.45) is 11.3 Å². The predicted molar refractivity (Wildman–Crippen MR) is 42.7 cm³/mol. The molecule has 2 fully saturated rings. The molecular weight excluding hydrogens is 156 g/mol. The highest BCUT2D eigenvalue weighted by molar-refractivity contribution is 5.73. The molecule has 0 spiro atoms. The second-order valence-corrected chi connectivity index (χ2v) is 4.10.